The lowest BCUT2D eigenvalue weighted by molar-refractivity contribution is -0.890. The molecule has 0 bridgehead atoms. The minimum atomic E-state index is -0.298. The zero-order valence-electron chi connectivity index (χ0n) is 14.0. The fraction of sp³-hybridized carbons (Fsp3) is 0.278. The lowest BCUT2D eigenvalue weighted by atomic mass is 10.1. The molecular weight excluding hydrogens is 345 g/mol. The van der Waals surface area contributed by atoms with E-state index in [2.05, 4.69) is 10.6 Å². The Hall–Kier alpha value is -1.69. The number of hydrogen-bond acceptors (Lipinski definition) is 1. The smallest absolute Gasteiger partial charge is 0.171 e. The van der Waals surface area contributed by atoms with Crippen LogP contribution in [0.2, 0.25) is 5.02 Å². The van der Waals surface area contributed by atoms with Crippen molar-refractivity contribution in [3.05, 3.63) is 64.4 Å². The van der Waals surface area contributed by atoms with E-state index < -0.39 is 0 Å². The SMILES string of the molecule is Cc1cccc(NC(=S)NC[C@H](c2c(F)cccc2Cl)[NH+](C)C)c1. The molecule has 6 heteroatoms. The summed E-state index contributed by atoms with van der Waals surface area (Å²) in [6.45, 7) is 2.49. The molecule has 3 nitrogen and oxygen atoms in total. The van der Waals surface area contributed by atoms with Gasteiger partial charge >= 0.3 is 0 Å². The van der Waals surface area contributed by atoms with Gasteiger partial charge in [0, 0.05) is 5.69 Å². The minimum absolute atomic E-state index is 0.157. The third-order valence-electron chi connectivity index (χ3n) is 3.79. The van der Waals surface area contributed by atoms with Gasteiger partial charge in [0.25, 0.3) is 0 Å². The lowest BCUT2D eigenvalue weighted by Gasteiger charge is -2.24. The maximum atomic E-state index is 14.2. The number of quaternary nitrogens is 1. The lowest BCUT2D eigenvalue weighted by Crippen LogP contribution is -3.07. The van der Waals surface area contributed by atoms with E-state index in [1.165, 1.54) is 6.07 Å². The topological polar surface area (TPSA) is 28.5 Å². The van der Waals surface area contributed by atoms with Crippen LogP contribution in [0.3, 0.4) is 0 Å². The van der Waals surface area contributed by atoms with Crippen LogP contribution in [-0.4, -0.2) is 25.8 Å². The van der Waals surface area contributed by atoms with E-state index in [9.17, 15) is 4.39 Å². The van der Waals surface area contributed by atoms with Crippen molar-refractivity contribution < 1.29 is 9.29 Å². The summed E-state index contributed by atoms with van der Waals surface area (Å²) in [5.41, 5.74) is 2.58. The molecule has 0 saturated carbocycles. The average Bonchev–Trinajstić information content (AvgIpc) is 2.49. The Bertz CT molecular complexity index is 701. The number of thiocarbonyl (C=S) groups is 1. The van der Waals surface area contributed by atoms with Gasteiger partial charge in [-0.1, -0.05) is 29.8 Å². The molecule has 2 aromatic carbocycles. The Morgan fingerprint density at radius 3 is 2.58 bits per heavy atom. The zero-order chi connectivity index (χ0) is 17.7. The highest BCUT2D eigenvalue weighted by molar-refractivity contribution is 7.80. The van der Waals surface area contributed by atoms with E-state index in [0.29, 0.717) is 22.2 Å². The van der Waals surface area contributed by atoms with Crippen molar-refractivity contribution in [2.24, 2.45) is 0 Å². The summed E-state index contributed by atoms with van der Waals surface area (Å²) in [5.74, 6) is -0.298. The molecule has 0 amide bonds. The molecule has 2 rings (SSSR count). The number of halogens is 2. The zero-order valence-corrected chi connectivity index (χ0v) is 15.6. The highest BCUT2D eigenvalue weighted by Crippen LogP contribution is 2.23. The monoisotopic (exact) mass is 366 g/mol. The fourth-order valence-corrected chi connectivity index (χ4v) is 3.03. The van der Waals surface area contributed by atoms with Crippen LogP contribution in [0.1, 0.15) is 17.2 Å². The Morgan fingerprint density at radius 1 is 1.25 bits per heavy atom. The molecule has 24 heavy (non-hydrogen) atoms. The van der Waals surface area contributed by atoms with Crippen LogP contribution in [0.5, 0.6) is 0 Å². The number of anilines is 1. The third-order valence-corrected chi connectivity index (χ3v) is 4.36. The second-order valence-electron chi connectivity index (χ2n) is 5.97. The first-order chi connectivity index (χ1) is 11.4. The van der Waals surface area contributed by atoms with Gasteiger partial charge in [-0.25, -0.2) is 4.39 Å². The van der Waals surface area contributed by atoms with E-state index in [1.807, 2.05) is 45.3 Å². The third kappa shape index (κ3) is 4.90. The van der Waals surface area contributed by atoms with Crippen molar-refractivity contribution in [3.8, 4) is 0 Å². The molecule has 0 aliphatic heterocycles. The average molecular weight is 367 g/mol. The Balaban J connectivity index is 2.05. The van der Waals surface area contributed by atoms with Crippen molar-refractivity contribution in [3.63, 3.8) is 0 Å². The number of rotatable bonds is 5. The van der Waals surface area contributed by atoms with Crippen LogP contribution in [-0.2, 0) is 0 Å². The second kappa shape index (κ2) is 8.42. The number of likely N-dealkylation sites (N-methyl/N-ethyl adjacent to an activating group) is 1. The van der Waals surface area contributed by atoms with E-state index in [1.54, 1.807) is 12.1 Å². The van der Waals surface area contributed by atoms with Gasteiger partial charge in [0.2, 0.25) is 0 Å². The Labute approximate surface area is 152 Å². The summed E-state index contributed by atoms with van der Waals surface area (Å²) in [5, 5.41) is 7.23. The van der Waals surface area contributed by atoms with Crippen LogP contribution in [0.15, 0.2) is 42.5 Å². The van der Waals surface area contributed by atoms with E-state index in [0.717, 1.165) is 16.2 Å². The summed E-state index contributed by atoms with van der Waals surface area (Å²) < 4.78 is 14.2. The molecular formula is C18H22ClFN3S+. The molecule has 0 unspecified atom stereocenters. The fourth-order valence-electron chi connectivity index (χ4n) is 2.53. The van der Waals surface area contributed by atoms with Gasteiger partial charge in [0.15, 0.2) is 5.11 Å². The van der Waals surface area contributed by atoms with Crippen LogP contribution in [0.4, 0.5) is 10.1 Å². The van der Waals surface area contributed by atoms with E-state index in [4.69, 9.17) is 23.8 Å². The number of hydrogen-bond donors (Lipinski definition) is 3. The van der Waals surface area contributed by atoms with Gasteiger partial charge in [-0.3, -0.25) is 0 Å². The highest BCUT2D eigenvalue weighted by Gasteiger charge is 2.24. The molecule has 2 aromatic rings. The summed E-state index contributed by atoms with van der Waals surface area (Å²) in [6.07, 6.45) is 0. The molecule has 1 atom stereocenters. The van der Waals surface area contributed by atoms with Crippen molar-refractivity contribution in [1.29, 1.82) is 0 Å². The van der Waals surface area contributed by atoms with Crippen molar-refractivity contribution in [2.75, 3.05) is 26.0 Å². The summed E-state index contributed by atoms with van der Waals surface area (Å²) in [7, 11) is 3.93. The maximum absolute atomic E-state index is 14.2. The van der Waals surface area contributed by atoms with Gasteiger partial charge in [-0.05, 0) is 49.0 Å². The van der Waals surface area contributed by atoms with Crippen LogP contribution in [0.25, 0.3) is 0 Å². The minimum Gasteiger partial charge on any atom is -0.356 e. The first kappa shape index (κ1) is 18.6. The molecule has 0 aromatic heterocycles. The first-order valence-electron chi connectivity index (χ1n) is 7.74. The maximum Gasteiger partial charge on any atom is 0.171 e. The Kier molecular flexibility index (Phi) is 6.54. The molecule has 0 spiro atoms. The quantitative estimate of drug-likeness (QED) is 0.710. The van der Waals surface area contributed by atoms with Crippen molar-refractivity contribution in [2.45, 2.75) is 13.0 Å². The largest absolute Gasteiger partial charge is 0.356 e. The van der Waals surface area contributed by atoms with Crippen LogP contribution < -0.4 is 15.5 Å². The first-order valence-corrected chi connectivity index (χ1v) is 8.52. The molecule has 0 aliphatic carbocycles. The summed E-state index contributed by atoms with van der Waals surface area (Å²) in [4.78, 5) is 1.06. The van der Waals surface area contributed by atoms with E-state index in [-0.39, 0.29) is 11.9 Å². The normalized spacial score (nSPS) is 12.1. The Morgan fingerprint density at radius 2 is 1.96 bits per heavy atom. The van der Waals surface area contributed by atoms with E-state index >= 15 is 0 Å². The van der Waals surface area contributed by atoms with Crippen LogP contribution >= 0.6 is 23.8 Å². The summed E-state index contributed by atoms with van der Waals surface area (Å²) in [6, 6.07) is 12.5. The predicted molar refractivity (Wildman–Crippen MR) is 102 cm³/mol. The molecule has 0 saturated heterocycles. The standard InChI is InChI=1S/C18H21ClFN3S/c1-12-6-4-7-13(10-12)22-18(24)21-11-16(23(2)3)17-14(19)8-5-9-15(17)20/h4-10,16H,11H2,1-3H3,(H2,21,22,24)/p+1/t16-/m1/s1. The van der Waals surface area contributed by atoms with Crippen molar-refractivity contribution >= 4 is 34.6 Å². The molecule has 0 radical (unpaired) electrons. The van der Waals surface area contributed by atoms with Crippen molar-refractivity contribution in [1.82, 2.24) is 5.32 Å². The number of nitrogens with one attached hydrogen (secondary N) is 3. The van der Waals surface area contributed by atoms with Gasteiger partial charge < -0.3 is 15.5 Å². The van der Waals surface area contributed by atoms with Gasteiger partial charge in [0.05, 0.1) is 31.2 Å². The highest BCUT2D eigenvalue weighted by atomic mass is 35.5. The van der Waals surface area contributed by atoms with Crippen LogP contribution in [0, 0.1) is 12.7 Å². The molecule has 0 aliphatic rings. The molecule has 128 valence electrons. The van der Waals surface area contributed by atoms with Gasteiger partial charge in [-0.15, -0.1) is 0 Å². The van der Waals surface area contributed by atoms with Gasteiger partial charge in [-0.2, -0.15) is 0 Å². The predicted octanol–water partition coefficient (Wildman–Crippen LogP) is 2.96. The van der Waals surface area contributed by atoms with Gasteiger partial charge in [0.1, 0.15) is 11.9 Å². The molecule has 0 heterocycles. The molecule has 0 fully saturated rings. The molecule has 3 N–H and O–H groups in total. The second-order valence-corrected chi connectivity index (χ2v) is 6.79. The number of aryl methyl sites for hydroxylation is 1. The summed E-state index contributed by atoms with van der Waals surface area (Å²) >= 11 is 11.5. The number of benzene rings is 2.